The Bertz CT molecular complexity index is 581. The lowest BCUT2D eigenvalue weighted by Gasteiger charge is -2.10. The first kappa shape index (κ1) is 13.5. The highest BCUT2D eigenvalue weighted by Gasteiger charge is 2.10. The van der Waals surface area contributed by atoms with Crippen LogP contribution in [0.2, 0.25) is 0 Å². The van der Waals surface area contributed by atoms with E-state index in [1.165, 1.54) is 0 Å². The molecule has 0 bridgehead atoms. The van der Waals surface area contributed by atoms with Crippen molar-refractivity contribution < 1.29 is 9.53 Å². The molecule has 0 aliphatic heterocycles. The largest absolute Gasteiger partial charge is 0.491 e. The van der Waals surface area contributed by atoms with E-state index < -0.39 is 0 Å². The van der Waals surface area contributed by atoms with Gasteiger partial charge in [-0.05, 0) is 39.0 Å². The van der Waals surface area contributed by atoms with Crippen LogP contribution in [0.25, 0.3) is 0 Å². The highest BCUT2D eigenvalue weighted by Crippen LogP contribution is 2.17. The molecule has 0 aliphatic rings. The predicted molar refractivity (Wildman–Crippen MR) is 74.8 cm³/mol. The Hall–Kier alpha value is -1.95. The fraction of sp³-hybridized carbons (Fsp3) is 0.308. The fourth-order valence-electron chi connectivity index (χ4n) is 1.50. The second-order valence-corrected chi connectivity index (χ2v) is 5.05. The normalized spacial score (nSPS) is 10.5. The first-order chi connectivity index (χ1) is 9.04. The number of anilines is 1. The van der Waals surface area contributed by atoms with Crippen molar-refractivity contribution in [1.82, 2.24) is 9.36 Å². The van der Waals surface area contributed by atoms with E-state index in [1.54, 1.807) is 25.1 Å². The summed E-state index contributed by atoms with van der Waals surface area (Å²) in [7, 11) is 0. The Morgan fingerprint density at radius 3 is 2.84 bits per heavy atom. The van der Waals surface area contributed by atoms with Crippen LogP contribution in [0.15, 0.2) is 24.3 Å². The van der Waals surface area contributed by atoms with Crippen LogP contribution in [0.3, 0.4) is 0 Å². The molecular weight excluding hydrogens is 262 g/mol. The van der Waals surface area contributed by atoms with Crippen molar-refractivity contribution in [2.24, 2.45) is 0 Å². The number of aromatic nitrogens is 2. The van der Waals surface area contributed by atoms with Crippen molar-refractivity contribution >= 4 is 22.6 Å². The van der Waals surface area contributed by atoms with Gasteiger partial charge in [0.1, 0.15) is 11.6 Å². The maximum atomic E-state index is 12.0. The lowest BCUT2D eigenvalue weighted by molar-refractivity contribution is 0.102. The van der Waals surface area contributed by atoms with E-state index in [2.05, 4.69) is 14.7 Å². The minimum atomic E-state index is -0.217. The van der Waals surface area contributed by atoms with Crippen molar-refractivity contribution in [3.8, 4) is 5.75 Å². The summed E-state index contributed by atoms with van der Waals surface area (Å²) >= 11 is 1.16. The third-order valence-corrected chi connectivity index (χ3v) is 2.94. The molecule has 2 rings (SSSR count). The topological polar surface area (TPSA) is 64.1 Å². The van der Waals surface area contributed by atoms with Crippen LogP contribution >= 0.6 is 11.5 Å². The van der Waals surface area contributed by atoms with Gasteiger partial charge in [-0.3, -0.25) is 10.1 Å². The highest BCUT2D eigenvalue weighted by molar-refractivity contribution is 7.09. The first-order valence-corrected chi connectivity index (χ1v) is 6.70. The molecule has 100 valence electrons. The first-order valence-electron chi connectivity index (χ1n) is 5.93. The van der Waals surface area contributed by atoms with E-state index in [0.717, 1.165) is 11.5 Å². The van der Waals surface area contributed by atoms with Crippen LogP contribution in [-0.4, -0.2) is 21.4 Å². The van der Waals surface area contributed by atoms with E-state index in [0.29, 0.717) is 22.3 Å². The number of hydrogen-bond donors (Lipinski definition) is 1. The summed E-state index contributed by atoms with van der Waals surface area (Å²) in [6, 6.07) is 7.06. The van der Waals surface area contributed by atoms with Gasteiger partial charge in [0, 0.05) is 17.1 Å². The van der Waals surface area contributed by atoms with Gasteiger partial charge in [-0.1, -0.05) is 6.07 Å². The zero-order valence-electron chi connectivity index (χ0n) is 11.0. The van der Waals surface area contributed by atoms with Crippen molar-refractivity contribution in [2.45, 2.75) is 26.9 Å². The molecule has 0 atom stereocenters. The van der Waals surface area contributed by atoms with Crippen LogP contribution in [0.5, 0.6) is 5.75 Å². The smallest absolute Gasteiger partial charge is 0.257 e. The number of rotatable bonds is 4. The maximum Gasteiger partial charge on any atom is 0.257 e. The van der Waals surface area contributed by atoms with Crippen LogP contribution in [0.4, 0.5) is 5.13 Å². The third-order valence-electron chi connectivity index (χ3n) is 2.22. The number of ether oxygens (including phenoxy) is 1. The van der Waals surface area contributed by atoms with Gasteiger partial charge in [-0.25, -0.2) is 4.98 Å². The molecule has 1 N–H and O–H groups in total. The summed E-state index contributed by atoms with van der Waals surface area (Å²) in [6.45, 7) is 5.66. The lowest BCUT2D eigenvalue weighted by Crippen LogP contribution is -2.12. The number of amides is 1. The highest BCUT2D eigenvalue weighted by atomic mass is 32.1. The summed E-state index contributed by atoms with van der Waals surface area (Å²) in [5, 5.41) is 3.21. The fourth-order valence-corrected chi connectivity index (χ4v) is 2.07. The molecule has 0 saturated heterocycles. The Kier molecular flexibility index (Phi) is 4.11. The zero-order chi connectivity index (χ0) is 13.8. The maximum absolute atomic E-state index is 12.0. The standard InChI is InChI=1S/C13H15N3O2S/c1-8(2)18-11-6-4-5-10(7-11)12(17)15-13-14-9(3)16-19-13/h4-8H,1-3H3,(H,14,15,16,17). The Morgan fingerprint density at radius 1 is 1.42 bits per heavy atom. The van der Waals surface area contributed by atoms with Gasteiger partial charge in [0.15, 0.2) is 0 Å². The molecule has 1 aromatic carbocycles. The van der Waals surface area contributed by atoms with Gasteiger partial charge in [0.05, 0.1) is 6.10 Å². The van der Waals surface area contributed by atoms with Crippen LogP contribution in [0, 0.1) is 6.92 Å². The van der Waals surface area contributed by atoms with Crippen molar-refractivity contribution in [2.75, 3.05) is 5.32 Å². The number of hydrogen-bond acceptors (Lipinski definition) is 5. The average Bonchev–Trinajstić information content (AvgIpc) is 2.74. The molecule has 1 aromatic heterocycles. The number of aryl methyl sites for hydroxylation is 1. The minimum Gasteiger partial charge on any atom is -0.491 e. The van der Waals surface area contributed by atoms with Gasteiger partial charge in [-0.15, -0.1) is 0 Å². The third kappa shape index (κ3) is 3.75. The number of nitrogens with zero attached hydrogens (tertiary/aromatic N) is 2. The predicted octanol–water partition coefficient (Wildman–Crippen LogP) is 2.89. The summed E-state index contributed by atoms with van der Waals surface area (Å²) in [4.78, 5) is 16.1. The van der Waals surface area contributed by atoms with Crippen LogP contribution < -0.4 is 10.1 Å². The number of carbonyl (C=O) groups is 1. The Labute approximate surface area is 115 Å². The molecule has 2 aromatic rings. The molecule has 6 heteroatoms. The lowest BCUT2D eigenvalue weighted by atomic mass is 10.2. The van der Waals surface area contributed by atoms with E-state index in [-0.39, 0.29) is 12.0 Å². The molecular formula is C13H15N3O2S. The second-order valence-electron chi connectivity index (χ2n) is 4.30. The van der Waals surface area contributed by atoms with Gasteiger partial charge < -0.3 is 4.74 Å². The van der Waals surface area contributed by atoms with E-state index in [1.807, 2.05) is 19.9 Å². The molecule has 0 aliphatic carbocycles. The number of carbonyl (C=O) groups excluding carboxylic acids is 1. The van der Waals surface area contributed by atoms with Gasteiger partial charge >= 0.3 is 0 Å². The van der Waals surface area contributed by atoms with Gasteiger partial charge in [0.25, 0.3) is 5.91 Å². The monoisotopic (exact) mass is 277 g/mol. The molecule has 0 fully saturated rings. The quantitative estimate of drug-likeness (QED) is 0.933. The van der Waals surface area contributed by atoms with Gasteiger partial charge in [0.2, 0.25) is 5.13 Å². The van der Waals surface area contributed by atoms with Crippen LogP contribution in [-0.2, 0) is 0 Å². The van der Waals surface area contributed by atoms with Crippen molar-refractivity contribution in [3.63, 3.8) is 0 Å². The molecule has 1 heterocycles. The molecule has 0 saturated carbocycles. The molecule has 0 radical (unpaired) electrons. The summed E-state index contributed by atoms with van der Waals surface area (Å²) in [5.41, 5.74) is 0.533. The van der Waals surface area contributed by atoms with Crippen LogP contribution in [0.1, 0.15) is 30.0 Å². The van der Waals surface area contributed by atoms with Gasteiger partial charge in [-0.2, -0.15) is 4.37 Å². The number of benzene rings is 1. The average molecular weight is 277 g/mol. The van der Waals surface area contributed by atoms with Crippen molar-refractivity contribution in [3.05, 3.63) is 35.7 Å². The molecule has 1 amide bonds. The minimum absolute atomic E-state index is 0.0733. The molecule has 19 heavy (non-hydrogen) atoms. The molecule has 0 unspecified atom stereocenters. The second kappa shape index (κ2) is 5.79. The zero-order valence-corrected chi connectivity index (χ0v) is 11.8. The van der Waals surface area contributed by atoms with E-state index in [4.69, 9.17) is 4.74 Å². The summed E-state index contributed by atoms with van der Waals surface area (Å²) < 4.78 is 9.57. The Balaban J connectivity index is 2.10. The number of nitrogens with one attached hydrogen (secondary N) is 1. The SMILES string of the molecule is Cc1nsc(NC(=O)c2cccc(OC(C)C)c2)n1. The van der Waals surface area contributed by atoms with Crippen molar-refractivity contribution in [1.29, 1.82) is 0 Å². The molecule has 5 nitrogen and oxygen atoms in total. The van der Waals surface area contributed by atoms with E-state index >= 15 is 0 Å². The summed E-state index contributed by atoms with van der Waals surface area (Å²) in [5.74, 6) is 1.11. The molecule has 0 spiro atoms. The van der Waals surface area contributed by atoms with E-state index in [9.17, 15) is 4.79 Å². The summed E-state index contributed by atoms with van der Waals surface area (Å²) in [6.07, 6.45) is 0.0733. The Morgan fingerprint density at radius 2 is 2.21 bits per heavy atom.